The highest BCUT2D eigenvalue weighted by molar-refractivity contribution is 5.73. The van der Waals surface area contributed by atoms with E-state index in [0.29, 0.717) is 6.54 Å². The zero-order valence-electron chi connectivity index (χ0n) is 8.91. The molecule has 0 amide bonds. The molecule has 0 spiro atoms. The number of hydrogen-bond donors (Lipinski definition) is 0. The van der Waals surface area contributed by atoms with Gasteiger partial charge in [-0.2, -0.15) is 5.10 Å². The van der Waals surface area contributed by atoms with Crippen molar-refractivity contribution in [3.8, 4) is 0 Å². The summed E-state index contributed by atoms with van der Waals surface area (Å²) in [5.41, 5.74) is 3.09. The van der Waals surface area contributed by atoms with Crippen molar-refractivity contribution in [3.05, 3.63) is 42.2 Å². The number of aromatic nitrogens is 5. The van der Waals surface area contributed by atoms with E-state index in [4.69, 9.17) is 0 Å². The molecular weight excluding hydrogens is 202 g/mol. The van der Waals surface area contributed by atoms with E-state index in [2.05, 4.69) is 15.4 Å². The molecule has 0 saturated heterocycles. The maximum Gasteiger partial charge on any atom is 0.113 e. The van der Waals surface area contributed by atoms with Gasteiger partial charge < -0.3 is 0 Å². The Bertz CT molecular complexity index is 622. The lowest BCUT2D eigenvalue weighted by Crippen LogP contribution is -2.00. The highest BCUT2D eigenvalue weighted by Gasteiger charge is 2.04. The molecule has 0 saturated carbocycles. The first-order valence-electron chi connectivity index (χ1n) is 5.09. The molecule has 0 bridgehead atoms. The number of fused-ring (bicyclic) bond motifs is 1. The topological polar surface area (TPSA) is 48.5 Å². The van der Waals surface area contributed by atoms with Gasteiger partial charge in [-0.1, -0.05) is 17.3 Å². The van der Waals surface area contributed by atoms with E-state index in [9.17, 15) is 0 Å². The lowest BCUT2D eigenvalue weighted by Gasteiger charge is -1.98. The summed E-state index contributed by atoms with van der Waals surface area (Å²) in [4.78, 5) is 0. The van der Waals surface area contributed by atoms with Gasteiger partial charge in [0, 0.05) is 18.8 Å². The van der Waals surface area contributed by atoms with Crippen LogP contribution in [-0.2, 0) is 13.6 Å². The second kappa shape index (κ2) is 3.44. The standard InChI is InChI=1S/C11H11N5/c1-15-7-9(6-12-15)8-16-11-5-3-2-4-10(11)13-14-16/h2-7H,8H2,1H3. The molecule has 2 aromatic heterocycles. The molecule has 0 aliphatic heterocycles. The molecule has 0 radical (unpaired) electrons. The van der Waals surface area contributed by atoms with Crippen LogP contribution in [0.2, 0.25) is 0 Å². The minimum Gasteiger partial charge on any atom is -0.275 e. The Kier molecular flexibility index (Phi) is 1.96. The van der Waals surface area contributed by atoms with Crippen LogP contribution < -0.4 is 0 Å². The first kappa shape index (κ1) is 9.08. The maximum atomic E-state index is 4.13. The molecule has 5 nitrogen and oxygen atoms in total. The fourth-order valence-corrected chi connectivity index (χ4v) is 1.76. The first-order chi connectivity index (χ1) is 7.83. The molecule has 3 aromatic rings. The van der Waals surface area contributed by atoms with Crippen LogP contribution >= 0.6 is 0 Å². The summed E-state index contributed by atoms with van der Waals surface area (Å²) < 4.78 is 3.67. The monoisotopic (exact) mass is 213 g/mol. The molecule has 0 aliphatic rings. The van der Waals surface area contributed by atoms with Crippen molar-refractivity contribution in [3.63, 3.8) is 0 Å². The van der Waals surface area contributed by atoms with E-state index in [1.54, 1.807) is 4.68 Å². The van der Waals surface area contributed by atoms with Crippen molar-refractivity contribution in [2.24, 2.45) is 7.05 Å². The van der Waals surface area contributed by atoms with Crippen LogP contribution in [0.15, 0.2) is 36.7 Å². The summed E-state index contributed by atoms with van der Waals surface area (Å²) in [5, 5.41) is 12.4. The molecule has 5 heteroatoms. The third kappa shape index (κ3) is 1.46. The van der Waals surface area contributed by atoms with E-state index >= 15 is 0 Å². The predicted molar refractivity (Wildman–Crippen MR) is 59.8 cm³/mol. The van der Waals surface area contributed by atoms with Gasteiger partial charge in [-0.05, 0) is 12.1 Å². The molecule has 0 atom stereocenters. The van der Waals surface area contributed by atoms with Crippen molar-refractivity contribution in [1.82, 2.24) is 24.8 Å². The number of para-hydroxylation sites is 1. The van der Waals surface area contributed by atoms with Crippen LogP contribution in [0.25, 0.3) is 11.0 Å². The smallest absolute Gasteiger partial charge is 0.113 e. The molecule has 0 unspecified atom stereocenters. The Balaban J connectivity index is 2.00. The maximum absolute atomic E-state index is 4.13. The van der Waals surface area contributed by atoms with Gasteiger partial charge in [0.05, 0.1) is 18.3 Å². The Morgan fingerprint density at radius 3 is 2.94 bits per heavy atom. The lowest BCUT2D eigenvalue weighted by molar-refractivity contribution is 0.669. The number of aryl methyl sites for hydroxylation is 1. The highest BCUT2D eigenvalue weighted by Crippen LogP contribution is 2.11. The van der Waals surface area contributed by atoms with Gasteiger partial charge in [-0.25, -0.2) is 4.68 Å². The predicted octanol–water partition coefficient (Wildman–Crippen LogP) is 1.21. The van der Waals surface area contributed by atoms with E-state index in [-0.39, 0.29) is 0 Å². The number of benzene rings is 1. The first-order valence-corrected chi connectivity index (χ1v) is 5.09. The van der Waals surface area contributed by atoms with Crippen LogP contribution in [0.1, 0.15) is 5.56 Å². The quantitative estimate of drug-likeness (QED) is 0.643. The largest absolute Gasteiger partial charge is 0.275 e. The van der Waals surface area contributed by atoms with Crippen molar-refractivity contribution in [2.75, 3.05) is 0 Å². The van der Waals surface area contributed by atoms with Crippen LogP contribution in [0, 0.1) is 0 Å². The number of rotatable bonds is 2. The fourth-order valence-electron chi connectivity index (χ4n) is 1.76. The second-order valence-corrected chi connectivity index (χ2v) is 3.76. The van der Waals surface area contributed by atoms with Gasteiger partial charge in [0.2, 0.25) is 0 Å². The van der Waals surface area contributed by atoms with Gasteiger partial charge in [0.15, 0.2) is 0 Å². The fraction of sp³-hybridized carbons (Fsp3) is 0.182. The molecule has 0 fully saturated rings. The van der Waals surface area contributed by atoms with Crippen LogP contribution in [-0.4, -0.2) is 24.8 Å². The average molecular weight is 213 g/mol. The zero-order valence-corrected chi connectivity index (χ0v) is 8.91. The third-order valence-electron chi connectivity index (χ3n) is 2.51. The Hall–Kier alpha value is -2.17. The molecule has 0 N–H and O–H groups in total. The summed E-state index contributed by atoms with van der Waals surface area (Å²) in [6.07, 6.45) is 3.83. The normalized spacial score (nSPS) is 11.1. The Labute approximate surface area is 92.3 Å². The molecule has 0 aliphatic carbocycles. The Morgan fingerprint density at radius 1 is 1.25 bits per heavy atom. The van der Waals surface area contributed by atoms with Crippen LogP contribution in [0.4, 0.5) is 0 Å². The van der Waals surface area contributed by atoms with E-state index in [1.807, 2.05) is 48.4 Å². The van der Waals surface area contributed by atoms with Gasteiger partial charge in [0.25, 0.3) is 0 Å². The Morgan fingerprint density at radius 2 is 2.12 bits per heavy atom. The van der Waals surface area contributed by atoms with Crippen molar-refractivity contribution >= 4 is 11.0 Å². The van der Waals surface area contributed by atoms with Crippen molar-refractivity contribution in [2.45, 2.75) is 6.54 Å². The number of hydrogen-bond acceptors (Lipinski definition) is 3. The summed E-state index contributed by atoms with van der Waals surface area (Å²) in [7, 11) is 1.91. The highest BCUT2D eigenvalue weighted by atomic mass is 15.4. The summed E-state index contributed by atoms with van der Waals surface area (Å²) in [6, 6.07) is 7.94. The number of nitrogens with zero attached hydrogens (tertiary/aromatic N) is 5. The average Bonchev–Trinajstić information content (AvgIpc) is 2.87. The van der Waals surface area contributed by atoms with Gasteiger partial charge in [-0.15, -0.1) is 5.10 Å². The zero-order chi connectivity index (χ0) is 11.0. The molecular formula is C11H11N5. The SMILES string of the molecule is Cn1cc(Cn2nnc3ccccc32)cn1. The van der Waals surface area contributed by atoms with Crippen LogP contribution in [0.3, 0.4) is 0 Å². The van der Waals surface area contributed by atoms with E-state index in [1.165, 1.54) is 0 Å². The summed E-state index contributed by atoms with van der Waals surface area (Å²) >= 11 is 0. The minimum absolute atomic E-state index is 0.703. The lowest BCUT2D eigenvalue weighted by atomic mass is 10.3. The van der Waals surface area contributed by atoms with Gasteiger partial charge >= 0.3 is 0 Å². The molecule has 1 aromatic carbocycles. The third-order valence-corrected chi connectivity index (χ3v) is 2.51. The van der Waals surface area contributed by atoms with Gasteiger partial charge in [0.1, 0.15) is 5.52 Å². The van der Waals surface area contributed by atoms with Crippen molar-refractivity contribution in [1.29, 1.82) is 0 Å². The van der Waals surface area contributed by atoms with E-state index in [0.717, 1.165) is 16.6 Å². The molecule has 2 heterocycles. The summed E-state index contributed by atoms with van der Waals surface area (Å²) in [6.45, 7) is 0.703. The summed E-state index contributed by atoms with van der Waals surface area (Å²) in [5.74, 6) is 0. The molecule has 16 heavy (non-hydrogen) atoms. The van der Waals surface area contributed by atoms with E-state index < -0.39 is 0 Å². The van der Waals surface area contributed by atoms with Gasteiger partial charge in [-0.3, -0.25) is 4.68 Å². The molecule has 3 rings (SSSR count). The van der Waals surface area contributed by atoms with Crippen LogP contribution in [0.5, 0.6) is 0 Å². The molecule has 80 valence electrons. The minimum atomic E-state index is 0.703. The van der Waals surface area contributed by atoms with Crippen molar-refractivity contribution < 1.29 is 0 Å². The second-order valence-electron chi connectivity index (χ2n) is 3.76.